The monoisotopic (exact) mass is 465 g/mol. The lowest BCUT2D eigenvalue weighted by Gasteiger charge is -2.50. The minimum absolute atomic E-state index is 0.00909. The van der Waals surface area contributed by atoms with Gasteiger partial charge in [0.1, 0.15) is 0 Å². The summed E-state index contributed by atoms with van der Waals surface area (Å²) in [5.74, 6) is -0.537. The summed E-state index contributed by atoms with van der Waals surface area (Å²) in [6, 6.07) is 11.4. The maximum Gasteiger partial charge on any atom is 0.416 e. The van der Waals surface area contributed by atoms with Crippen molar-refractivity contribution in [1.82, 2.24) is 5.32 Å². The molecule has 0 saturated carbocycles. The average molecular weight is 466 g/mol. The smallest absolute Gasteiger partial charge is 0.368 e. The van der Waals surface area contributed by atoms with Crippen molar-refractivity contribution in [3.8, 4) is 0 Å². The minimum atomic E-state index is -4.41. The van der Waals surface area contributed by atoms with E-state index in [4.69, 9.17) is 11.6 Å². The first-order valence-corrected chi connectivity index (χ1v) is 11.3. The van der Waals surface area contributed by atoms with Crippen LogP contribution in [0.15, 0.2) is 42.5 Å². The third-order valence-electron chi connectivity index (χ3n) is 6.57. The molecule has 8 heteroatoms. The molecule has 0 aromatic heterocycles. The molecule has 4 rings (SSSR count). The summed E-state index contributed by atoms with van der Waals surface area (Å²) < 4.78 is 40.0. The number of hydrogen-bond acceptors (Lipinski definition) is 3. The second kappa shape index (κ2) is 8.85. The summed E-state index contributed by atoms with van der Waals surface area (Å²) in [4.78, 5) is 17.5. The Morgan fingerprint density at radius 3 is 2.56 bits per heavy atom. The highest BCUT2D eigenvalue weighted by atomic mass is 35.5. The van der Waals surface area contributed by atoms with Gasteiger partial charge in [-0.25, -0.2) is 0 Å². The van der Waals surface area contributed by atoms with Gasteiger partial charge in [-0.3, -0.25) is 4.79 Å². The van der Waals surface area contributed by atoms with Crippen molar-refractivity contribution in [2.75, 3.05) is 29.4 Å². The van der Waals surface area contributed by atoms with Crippen LogP contribution in [-0.2, 0) is 17.4 Å². The Labute approximate surface area is 191 Å². The van der Waals surface area contributed by atoms with E-state index < -0.39 is 17.7 Å². The average Bonchev–Trinajstić information content (AvgIpc) is 2.77. The van der Waals surface area contributed by atoms with Crippen molar-refractivity contribution < 1.29 is 18.0 Å². The molecule has 0 spiro atoms. The Morgan fingerprint density at radius 2 is 1.91 bits per heavy atom. The van der Waals surface area contributed by atoms with Crippen molar-refractivity contribution in [2.45, 2.75) is 44.9 Å². The van der Waals surface area contributed by atoms with Crippen LogP contribution in [0.1, 0.15) is 31.4 Å². The quantitative estimate of drug-likeness (QED) is 0.679. The number of piperazine rings is 1. The molecular weight excluding hydrogens is 439 g/mol. The van der Waals surface area contributed by atoms with Gasteiger partial charge in [0.25, 0.3) is 0 Å². The molecule has 0 radical (unpaired) electrons. The molecule has 0 aliphatic carbocycles. The van der Waals surface area contributed by atoms with Crippen LogP contribution in [0.4, 0.5) is 24.5 Å². The van der Waals surface area contributed by atoms with E-state index in [0.29, 0.717) is 30.2 Å². The van der Waals surface area contributed by atoms with Crippen LogP contribution in [-0.4, -0.2) is 37.6 Å². The van der Waals surface area contributed by atoms with E-state index in [2.05, 4.69) is 15.1 Å². The molecule has 1 saturated heterocycles. The van der Waals surface area contributed by atoms with Crippen molar-refractivity contribution in [3.63, 3.8) is 0 Å². The summed E-state index contributed by atoms with van der Waals surface area (Å²) in [7, 11) is 0. The highest BCUT2D eigenvalue weighted by Gasteiger charge is 2.43. The van der Waals surface area contributed by atoms with E-state index in [-0.39, 0.29) is 24.4 Å². The number of carbonyl (C=O) groups excluding carboxylic acids is 1. The predicted molar refractivity (Wildman–Crippen MR) is 121 cm³/mol. The highest BCUT2D eigenvalue weighted by Crippen LogP contribution is 2.40. The molecule has 2 aromatic carbocycles. The van der Waals surface area contributed by atoms with E-state index in [1.54, 1.807) is 6.07 Å². The van der Waals surface area contributed by atoms with Gasteiger partial charge in [-0.2, -0.15) is 13.2 Å². The standard InChI is InChI=1S/C24H27ClF3N3O/c1-3-15(2)29-23(32)20-13-16-12-17(24(26,27)28)4-9-21(16)31-11-10-30(14-22(20)31)19-7-5-18(25)6-8-19/h4-9,12,15,20,22H,3,10-11,13-14H2,1-2H3,(H,29,32)/t15-,20+,22+/m0/s1. The fraction of sp³-hybridized carbons (Fsp3) is 0.458. The Morgan fingerprint density at radius 1 is 1.19 bits per heavy atom. The molecule has 0 bridgehead atoms. The first-order valence-electron chi connectivity index (χ1n) is 10.9. The number of rotatable bonds is 4. The summed E-state index contributed by atoms with van der Waals surface area (Å²) in [5.41, 5.74) is 1.73. The topological polar surface area (TPSA) is 35.6 Å². The molecule has 2 aromatic rings. The van der Waals surface area contributed by atoms with Crippen LogP contribution in [0.2, 0.25) is 5.02 Å². The number of fused-ring (bicyclic) bond motifs is 3. The van der Waals surface area contributed by atoms with Gasteiger partial charge >= 0.3 is 6.18 Å². The van der Waals surface area contributed by atoms with E-state index >= 15 is 0 Å². The molecule has 1 amide bonds. The van der Waals surface area contributed by atoms with Crippen LogP contribution in [0, 0.1) is 5.92 Å². The molecule has 3 atom stereocenters. The zero-order valence-corrected chi connectivity index (χ0v) is 18.9. The van der Waals surface area contributed by atoms with Gasteiger partial charge in [-0.1, -0.05) is 18.5 Å². The molecule has 4 nitrogen and oxygen atoms in total. The second-order valence-corrected chi connectivity index (χ2v) is 9.09. The summed E-state index contributed by atoms with van der Waals surface area (Å²) in [6.07, 6.45) is -3.33. The SMILES string of the molecule is CC[C@H](C)NC(=O)[C@@H]1Cc2cc(C(F)(F)F)ccc2N2CCN(c3ccc(Cl)cc3)C[C@H]12. The van der Waals surface area contributed by atoms with Gasteiger partial charge < -0.3 is 15.1 Å². The Kier molecular flexibility index (Phi) is 6.30. The molecule has 1 N–H and O–H groups in total. The number of carbonyl (C=O) groups is 1. The minimum Gasteiger partial charge on any atom is -0.368 e. The van der Waals surface area contributed by atoms with E-state index in [1.807, 2.05) is 38.1 Å². The molecule has 1 fully saturated rings. The Balaban J connectivity index is 1.67. The van der Waals surface area contributed by atoms with Crippen LogP contribution in [0.3, 0.4) is 0 Å². The first-order chi connectivity index (χ1) is 15.2. The number of nitrogens with zero attached hydrogens (tertiary/aromatic N) is 2. The van der Waals surface area contributed by atoms with Crippen LogP contribution >= 0.6 is 11.6 Å². The number of halogens is 4. The van der Waals surface area contributed by atoms with E-state index in [0.717, 1.165) is 23.9 Å². The first kappa shape index (κ1) is 22.8. The number of amides is 1. The lowest BCUT2D eigenvalue weighted by Crippen LogP contribution is -2.61. The predicted octanol–water partition coefficient (Wildman–Crippen LogP) is 5.14. The molecular formula is C24H27ClF3N3O. The lowest BCUT2D eigenvalue weighted by atomic mass is 9.82. The highest BCUT2D eigenvalue weighted by molar-refractivity contribution is 6.30. The Bertz CT molecular complexity index is 979. The molecule has 2 aliphatic heterocycles. The largest absolute Gasteiger partial charge is 0.416 e. The van der Waals surface area contributed by atoms with Crippen molar-refractivity contribution in [1.29, 1.82) is 0 Å². The number of alkyl halides is 3. The number of anilines is 2. The molecule has 32 heavy (non-hydrogen) atoms. The van der Waals surface area contributed by atoms with Gasteiger partial charge in [0.2, 0.25) is 5.91 Å². The third kappa shape index (κ3) is 4.53. The Hall–Kier alpha value is -2.41. The van der Waals surface area contributed by atoms with E-state index in [1.165, 1.54) is 6.07 Å². The number of hydrogen-bond donors (Lipinski definition) is 1. The van der Waals surface area contributed by atoms with Gasteiger partial charge in [0, 0.05) is 42.1 Å². The molecule has 2 aliphatic rings. The zero-order valence-electron chi connectivity index (χ0n) is 18.1. The van der Waals surface area contributed by atoms with Crippen LogP contribution in [0.25, 0.3) is 0 Å². The third-order valence-corrected chi connectivity index (χ3v) is 6.82. The molecule has 172 valence electrons. The van der Waals surface area contributed by atoms with Gasteiger partial charge in [0.05, 0.1) is 17.5 Å². The molecule has 0 unspecified atom stereocenters. The zero-order chi connectivity index (χ0) is 23.0. The lowest BCUT2D eigenvalue weighted by molar-refractivity contribution is -0.137. The van der Waals surface area contributed by atoms with Gasteiger partial charge in [-0.05, 0) is 67.8 Å². The van der Waals surface area contributed by atoms with Crippen LogP contribution in [0.5, 0.6) is 0 Å². The normalized spacial score (nSPS) is 21.6. The van der Waals surface area contributed by atoms with Crippen molar-refractivity contribution in [2.24, 2.45) is 5.92 Å². The summed E-state index contributed by atoms with van der Waals surface area (Å²) >= 11 is 6.03. The summed E-state index contributed by atoms with van der Waals surface area (Å²) in [5, 5.41) is 3.70. The van der Waals surface area contributed by atoms with Gasteiger partial charge in [0.15, 0.2) is 0 Å². The molecule has 2 heterocycles. The fourth-order valence-electron chi connectivity index (χ4n) is 4.64. The number of nitrogens with one attached hydrogen (secondary N) is 1. The van der Waals surface area contributed by atoms with Crippen molar-refractivity contribution in [3.05, 3.63) is 58.6 Å². The van der Waals surface area contributed by atoms with Gasteiger partial charge in [-0.15, -0.1) is 0 Å². The fourth-order valence-corrected chi connectivity index (χ4v) is 4.76. The van der Waals surface area contributed by atoms with E-state index in [9.17, 15) is 18.0 Å². The summed E-state index contributed by atoms with van der Waals surface area (Å²) in [6.45, 7) is 5.87. The maximum absolute atomic E-state index is 13.3. The van der Waals surface area contributed by atoms with Crippen molar-refractivity contribution >= 4 is 28.9 Å². The van der Waals surface area contributed by atoms with Crippen LogP contribution < -0.4 is 15.1 Å². The number of benzene rings is 2. The second-order valence-electron chi connectivity index (χ2n) is 8.65. The maximum atomic E-state index is 13.3.